The van der Waals surface area contributed by atoms with Crippen molar-refractivity contribution >= 4 is 20.2 Å². The average molecular weight is 638 g/mol. The fourth-order valence-electron chi connectivity index (χ4n) is 7.35. The summed E-state index contributed by atoms with van der Waals surface area (Å²) < 4.78 is 36.2. The van der Waals surface area contributed by atoms with Gasteiger partial charge in [0.25, 0.3) is 0 Å². The van der Waals surface area contributed by atoms with Gasteiger partial charge in [0.2, 0.25) is 0 Å². The van der Waals surface area contributed by atoms with Gasteiger partial charge < -0.3 is 0 Å². The van der Waals surface area contributed by atoms with Crippen molar-refractivity contribution in [1.29, 1.82) is 0 Å². The Kier molecular flexibility index (Phi) is 10.9. The number of benzene rings is 1. The summed E-state index contributed by atoms with van der Waals surface area (Å²) in [6.45, 7) is 4.12. The van der Waals surface area contributed by atoms with Gasteiger partial charge in [0.15, 0.2) is 0 Å². The van der Waals surface area contributed by atoms with E-state index in [1.165, 1.54) is 101 Å². The SMILES string of the molecule is CC(C)Oc1ccc(S(=O)(=O)N(C)C)cc1[CH]=[Ru][PH](C1CCCCC1)(C1CCCCC1)C1CCCCC1. The normalized spacial score (nSPS) is 22.4. The third-order valence-corrected chi connectivity index (χ3v) is 27.1. The van der Waals surface area contributed by atoms with Crippen molar-refractivity contribution in [3.05, 3.63) is 23.8 Å². The maximum atomic E-state index is 13.0. The first-order chi connectivity index (χ1) is 17.7. The molecule has 213 valence electrons. The zero-order chi connectivity index (χ0) is 26.5. The molecule has 3 fully saturated rings. The van der Waals surface area contributed by atoms with Crippen LogP contribution >= 0.6 is 5.59 Å². The summed E-state index contributed by atoms with van der Waals surface area (Å²) in [4.78, 5) is 0.390. The summed E-state index contributed by atoms with van der Waals surface area (Å²) in [5.41, 5.74) is 2.36. The van der Waals surface area contributed by atoms with E-state index in [-0.39, 0.29) is 22.3 Å². The van der Waals surface area contributed by atoms with Gasteiger partial charge in [-0.3, -0.25) is 0 Å². The molecule has 1 aromatic rings. The second-order valence-electron chi connectivity index (χ2n) is 12.2. The summed E-state index contributed by atoms with van der Waals surface area (Å²) in [6.07, 6.45) is 21.7. The summed E-state index contributed by atoms with van der Waals surface area (Å²) in [7, 11) is -0.238. The van der Waals surface area contributed by atoms with Crippen LogP contribution in [-0.4, -0.2) is 54.5 Å². The molecule has 0 unspecified atom stereocenters. The first-order valence-electron chi connectivity index (χ1n) is 14.9. The van der Waals surface area contributed by atoms with Gasteiger partial charge in [0.05, 0.1) is 0 Å². The molecular weight excluding hydrogens is 586 g/mol. The number of nitrogens with zero attached hydrogens (tertiary/aromatic N) is 1. The third kappa shape index (κ3) is 6.96. The van der Waals surface area contributed by atoms with E-state index >= 15 is 0 Å². The van der Waals surface area contributed by atoms with Crippen molar-refractivity contribution in [2.75, 3.05) is 14.1 Å². The molecule has 0 amide bonds. The van der Waals surface area contributed by atoms with Gasteiger partial charge in [-0.05, 0) is 0 Å². The Morgan fingerprint density at radius 2 is 1.30 bits per heavy atom. The van der Waals surface area contributed by atoms with Crippen molar-refractivity contribution in [2.24, 2.45) is 0 Å². The number of hydrogen-bond donors (Lipinski definition) is 0. The molecule has 7 heteroatoms. The molecule has 4 nitrogen and oxygen atoms in total. The molecule has 3 saturated carbocycles. The molecule has 0 aliphatic heterocycles. The van der Waals surface area contributed by atoms with Gasteiger partial charge in [0, 0.05) is 0 Å². The monoisotopic (exact) mass is 638 g/mol. The molecule has 3 aliphatic rings. The van der Waals surface area contributed by atoms with E-state index in [4.69, 9.17) is 4.74 Å². The van der Waals surface area contributed by atoms with Crippen LogP contribution in [-0.2, 0) is 26.2 Å². The number of rotatable bonds is 9. The Morgan fingerprint density at radius 3 is 1.70 bits per heavy atom. The minimum atomic E-state index is -3.48. The van der Waals surface area contributed by atoms with Crippen molar-refractivity contribution in [2.45, 2.75) is 138 Å². The molecule has 4 rings (SSSR count). The average Bonchev–Trinajstić information content (AvgIpc) is 2.91. The number of ether oxygens (including phenoxy) is 1. The first kappa shape index (κ1) is 29.8. The van der Waals surface area contributed by atoms with Crippen LogP contribution in [0.3, 0.4) is 0 Å². The molecule has 0 aromatic heterocycles. The van der Waals surface area contributed by atoms with E-state index in [1.807, 2.05) is 12.1 Å². The second-order valence-corrected chi connectivity index (χ2v) is 25.1. The Bertz CT molecular complexity index is 962. The predicted molar refractivity (Wildman–Crippen MR) is 157 cm³/mol. The third-order valence-electron chi connectivity index (χ3n) is 9.12. The second kappa shape index (κ2) is 13.5. The topological polar surface area (TPSA) is 46.6 Å². The van der Waals surface area contributed by atoms with Crippen LogP contribution in [0.2, 0.25) is 0 Å². The van der Waals surface area contributed by atoms with Gasteiger partial charge in [0.1, 0.15) is 0 Å². The Labute approximate surface area is 234 Å². The fourth-order valence-corrected chi connectivity index (χ4v) is 25.6. The van der Waals surface area contributed by atoms with Crippen molar-refractivity contribution in [3.8, 4) is 5.75 Å². The Morgan fingerprint density at radius 1 is 0.838 bits per heavy atom. The zero-order valence-electron chi connectivity index (χ0n) is 23.7. The van der Waals surface area contributed by atoms with Crippen molar-refractivity contribution in [3.63, 3.8) is 0 Å². The molecular formula is C30H51NO3PRuS. The van der Waals surface area contributed by atoms with Crippen LogP contribution in [0.4, 0.5) is 0 Å². The quantitative estimate of drug-likeness (QED) is 0.207. The van der Waals surface area contributed by atoms with Crippen LogP contribution in [0, 0.1) is 0 Å². The van der Waals surface area contributed by atoms with Gasteiger partial charge in [-0.2, -0.15) is 0 Å². The molecule has 0 saturated heterocycles. The Hall–Kier alpha value is -0.147. The fraction of sp³-hybridized carbons (Fsp3) is 0.767. The van der Waals surface area contributed by atoms with Crippen molar-refractivity contribution < 1.29 is 29.3 Å². The van der Waals surface area contributed by atoms with E-state index in [1.54, 1.807) is 20.2 Å². The summed E-state index contributed by atoms with van der Waals surface area (Å²) in [5.74, 6) is 0.862. The molecule has 0 N–H and O–H groups in total. The van der Waals surface area contributed by atoms with E-state index in [0.717, 1.165) is 28.3 Å². The minimum absolute atomic E-state index is 0.0660. The Balaban J connectivity index is 1.83. The molecule has 0 bridgehead atoms. The van der Waals surface area contributed by atoms with Gasteiger partial charge in [-0.25, -0.2) is 0 Å². The van der Waals surface area contributed by atoms with Gasteiger partial charge in [-0.1, -0.05) is 0 Å². The molecule has 37 heavy (non-hydrogen) atoms. The van der Waals surface area contributed by atoms with Crippen LogP contribution in [0.15, 0.2) is 23.1 Å². The number of sulfonamides is 1. The standard InChI is InChI=1S/C18H33P.C12H17NO3S.Ru/c1-4-10-16(11-5-1)19(17-12-6-2-7-13-17)18-14-8-3-9-15-18;1-9(2)16-12-7-6-11(8-10(12)3)17(14,15)13(4)5;/h16-18H,1-15H2;3,6-9H,1-2,4-5H3;/q;;-1/p+1. The van der Waals surface area contributed by atoms with E-state index in [2.05, 4.69) is 18.5 Å². The van der Waals surface area contributed by atoms with E-state index < -0.39 is 15.6 Å². The first-order valence-corrected chi connectivity index (χ1v) is 22.1. The van der Waals surface area contributed by atoms with Crippen LogP contribution in [0.1, 0.15) is 116 Å². The van der Waals surface area contributed by atoms with Crippen LogP contribution in [0.25, 0.3) is 0 Å². The van der Waals surface area contributed by atoms with Gasteiger partial charge in [-0.15, -0.1) is 0 Å². The van der Waals surface area contributed by atoms with E-state index in [0.29, 0.717) is 4.90 Å². The van der Waals surface area contributed by atoms with Gasteiger partial charge >= 0.3 is 236 Å². The summed E-state index contributed by atoms with van der Waals surface area (Å²) >= 11 is 0.0837. The molecule has 0 spiro atoms. The summed E-state index contributed by atoms with van der Waals surface area (Å²) in [5, 5.41) is 0. The molecule has 0 atom stereocenters. The molecule has 0 radical (unpaired) electrons. The molecule has 1 aromatic carbocycles. The molecule has 3 aliphatic carbocycles. The van der Waals surface area contributed by atoms with E-state index in [9.17, 15) is 8.42 Å². The summed E-state index contributed by atoms with van der Waals surface area (Å²) in [6, 6.07) is 5.56. The molecule has 0 heterocycles. The zero-order valence-corrected chi connectivity index (χ0v) is 27.2. The maximum absolute atomic E-state index is 13.0. The van der Waals surface area contributed by atoms with Crippen molar-refractivity contribution in [1.82, 2.24) is 4.31 Å². The van der Waals surface area contributed by atoms with Crippen LogP contribution in [0.5, 0.6) is 5.75 Å². The van der Waals surface area contributed by atoms with Crippen LogP contribution < -0.4 is 4.74 Å². The number of hydrogen-bond acceptors (Lipinski definition) is 3. The predicted octanol–water partition coefficient (Wildman–Crippen LogP) is 7.62.